The van der Waals surface area contributed by atoms with Crippen molar-refractivity contribution in [1.29, 1.82) is 0 Å². The Morgan fingerprint density at radius 1 is 0.214 bits per heavy atom. The molecule has 4 nitrogen and oxygen atoms in total. The average molecular weight is 1510 g/mol. The van der Waals surface area contributed by atoms with Crippen LogP contribution in [0.3, 0.4) is 0 Å². The van der Waals surface area contributed by atoms with E-state index in [1.807, 2.05) is 12.1 Å². The van der Waals surface area contributed by atoms with Crippen molar-refractivity contribution >= 4 is 106 Å². The number of halogens is 1. The Bertz CT molecular complexity index is 6090. The minimum absolute atomic E-state index is 0.372. The number of benzene rings is 18. The Labute approximate surface area is 666 Å². The highest BCUT2D eigenvalue weighted by molar-refractivity contribution is 9.10. The van der Waals surface area contributed by atoms with Gasteiger partial charge in [-0.25, -0.2) is 0 Å². The molecule has 18 aromatic carbocycles. The van der Waals surface area contributed by atoms with Gasteiger partial charge < -0.3 is 19.1 Å². The van der Waals surface area contributed by atoms with Crippen molar-refractivity contribution in [3.05, 3.63) is 429 Å². The van der Waals surface area contributed by atoms with Gasteiger partial charge >= 0.3 is 7.12 Å². The predicted octanol–water partition coefficient (Wildman–Crippen LogP) is 29.3. The first-order chi connectivity index (χ1) is 54.9. The monoisotopic (exact) mass is 1500 g/mol. The van der Waals surface area contributed by atoms with E-state index in [2.05, 4.69) is 466 Å². The fourth-order valence-electron chi connectivity index (χ4n) is 15.1. The van der Waals surface area contributed by atoms with Gasteiger partial charge in [0.1, 0.15) is 0 Å². The van der Waals surface area contributed by atoms with Crippen molar-refractivity contribution in [3.63, 3.8) is 0 Å². The SMILES string of the molecule is Brc1ccc2cc(-c3cccc4ccccc34)ccc2c1.CC1(C)OB(c2ccc(N(c3ccc(-c4ccccc4)cc3)c3ccc(-c4ccccc4)cc3)cc2)OC1(C)C.c1ccc(-c2ccc(N(c3ccc(-c4ccccc4)cc3)c3ccc(-c4ccc5cc(-c6cccc7ccccc67)ccc5c4)cc3)cc2)cc1. The average Bonchev–Trinajstić information content (AvgIpc) is 1.68. The largest absolute Gasteiger partial charge is 0.494 e. The van der Waals surface area contributed by atoms with Gasteiger partial charge in [0, 0.05) is 38.6 Å². The lowest BCUT2D eigenvalue weighted by Gasteiger charge is -2.32. The van der Waals surface area contributed by atoms with Crippen LogP contribution in [0, 0.1) is 0 Å². The van der Waals surface area contributed by atoms with Crippen LogP contribution in [0.25, 0.3) is 121 Å². The van der Waals surface area contributed by atoms with Gasteiger partial charge in [0.15, 0.2) is 0 Å². The minimum atomic E-state index is -0.386. The maximum absolute atomic E-state index is 6.29. The highest BCUT2D eigenvalue weighted by Gasteiger charge is 2.51. The molecular weight excluding hydrogens is 1420 g/mol. The Morgan fingerprint density at radius 2 is 0.464 bits per heavy atom. The smallest absolute Gasteiger partial charge is 0.399 e. The topological polar surface area (TPSA) is 24.9 Å². The summed E-state index contributed by atoms with van der Waals surface area (Å²) in [5.41, 5.74) is 24.0. The molecule has 0 unspecified atom stereocenters. The maximum Gasteiger partial charge on any atom is 0.494 e. The first kappa shape index (κ1) is 72.0. The zero-order chi connectivity index (χ0) is 76.0. The molecule has 0 bridgehead atoms. The van der Waals surface area contributed by atoms with Gasteiger partial charge in [0.25, 0.3) is 0 Å². The summed E-state index contributed by atoms with van der Waals surface area (Å²) in [6.07, 6.45) is 0. The quantitative estimate of drug-likeness (QED) is 0.101. The third kappa shape index (κ3) is 15.5. The lowest BCUT2D eigenvalue weighted by molar-refractivity contribution is 0.00578. The molecule has 1 fully saturated rings. The molecule has 0 saturated carbocycles. The summed E-state index contributed by atoms with van der Waals surface area (Å²) in [6.45, 7) is 8.34. The van der Waals surface area contributed by atoms with Gasteiger partial charge in [-0.2, -0.15) is 0 Å². The predicted molar refractivity (Wildman–Crippen MR) is 480 cm³/mol. The Morgan fingerprint density at radius 3 is 0.812 bits per heavy atom. The molecule has 1 aliphatic rings. The first-order valence-corrected chi connectivity index (χ1v) is 39.2. The molecule has 1 saturated heterocycles. The van der Waals surface area contributed by atoms with Gasteiger partial charge in [-0.05, 0) is 257 Å². The zero-order valence-corrected chi connectivity index (χ0v) is 64.7. The fraction of sp³-hybridized carbons (Fsp3) is 0.0566. The number of hydrogen-bond acceptors (Lipinski definition) is 4. The Hall–Kier alpha value is -12.9. The molecule has 538 valence electrons. The van der Waals surface area contributed by atoms with E-state index in [9.17, 15) is 0 Å². The number of anilines is 6. The second kappa shape index (κ2) is 31.9. The number of hydrogen-bond donors (Lipinski definition) is 0. The van der Waals surface area contributed by atoms with Gasteiger partial charge in [-0.3, -0.25) is 0 Å². The number of nitrogens with zero attached hydrogens (tertiary/aromatic N) is 2. The van der Waals surface area contributed by atoms with Gasteiger partial charge in [0.05, 0.1) is 11.2 Å². The van der Waals surface area contributed by atoms with Crippen LogP contribution in [0.4, 0.5) is 34.1 Å². The van der Waals surface area contributed by atoms with Crippen molar-refractivity contribution in [3.8, 4) is 77.9 Å². The molecular formula is C106H82BBrN2O2. The van der Waals surface area contributed by atoms with Crippen LogP contribution in [0.15, 0.2) is 429 Å². The first-order valence-electron chi connectivity index (χ1n) is 38.4. The van der Waals surface area contributed by atoms with E-state index in [0.717, 1.165) is 44.1 Å². The van der Waals surface area contributed by atoms with E-state index in [4.69, 9.17) is 9.31 Å². The molecule has 6 heteroatoms. The highest BCUT2D eigenvalue weighted by Crippen LogP contribution is 2.43. The lowest BCUT2D eigenvalue weighted by atomic mass is 9.79. The molecule has 0 radical (unpaired) electrons. The third-order valence-electron chi connectivity index (χ3n) is 21.9. The molecule has 1 heterocycles. The number of fused-ring (bicyclic) bond motifs is 4. The Balaban J connectivity index is 0.000000132. The van der Waals surface area contributed by atoms with Crippen LogP contribution in [0.5, 0.6) is 0 Å². The molecule has 112 heavy (non-hydrogen) atoms. The van der Waals surface area contributed by atoms with Crippen LogP contribution >= 0.6 is 15.9 Å². The minimum Gasteiger partial charge on any atom is -0.399 e. The molecule has 19 rings (SSSR count). The van der Waals surface area contributed by atoms with Crippen LogP contribution in [0.2, 0.25) is 0 Å². The van der Waals surface area contributed by atoms with Crippen molar-refractivity contribution in [1.82, 2.24) is 0 Å². The molecule has 0 N–H and O–H groups in total. The van der Waals surface area contributed by atoms with Gasteiger partial charge in [0.2, 0.25) is 0 Å². The summed E-state index contributed by atoms with van der Waals surface area (Å²) in [4.78, 5) is 4.63. The summed E-state index contributed by atoms with van der Waals surface area (Å²) >= 11 is 3.53. The number of rotatable bonds is 14. The Kier molecular flexibility index (Phi) is 20.5. The molecule has 18 aromatic rings. The zero-order valence-electron chi connectivity index (χ0n) is 63.1. The summed E-state index contributed by atoms with van der Waals surface area (Å²) in [5.74, 6) is 0. The van der Waals surface area contributed by atoms with E-state index < -0.39 is 0 Å². The molecule has 0 atom stereocenters. The summed E-state index contributed by atoms with van der Waals surface area (Å²) in [5, 5.41) is 10.1. The van der Waals surface area contributed by atoms with Crippen molar-refractivity contribution in [2.24, 2.45) is 0 Å². The van der Waals surface area contributed by atoms with Crippen molar-refractivity contribution < 1.29 is 9.31 Å². The summed E-state index contributed by atoms with van der Waals surface area (Å²) < 4.78 is 13.7. The fourth-order valence-corrected chi connectivity index (χ4v) is 15.5. The van der Waals surface area contributed by atoms with E-state index in [0.29, 0.717) is 0 Å². The lowest BCUT2D eigenvalue weighted by Crippen LogP contribution is -2.41. The van der Waals surface area contributed by atoms with E-state index in [1.54, 1.807) is 0 Å². The van der Waals surface area contributed by atoms with E-state index in [-0.39, 0.29) is 18.3 Å². The highest BCUT2D eigenvalue weighted by atomic mass is 79.9. The molecule has 0 aliphatic carbocycles. The molecule has 0 aromatic heterocycles. The molecule has 0 spiro atoms. The van der Waals surface area contributed by atoms with Crippen molar-refractivity contribution in [2.45, 2.75) is 38.9 Å². The van der Waals surface area contributed by atoms with Crippen LogP contribution < -0.4 is 15.3 Å². The van der Waals surface area contributed by atoms with Crippen molar-refractivity contribution in [2.75, 3.05) is 9.80 Å². The summed E-state index contributed by atoms with van der Waals surface area (Å²) in [6, 6.07) is 152. The van der Waals surface area contributed by atoms with Gasteiger partial charge in [-0.15, -0.1) is 0 Å². The molecule has 1 aliphatic heterocycles. The molecule has 0 amide bonds. The maximum atomic E-state index is 6.29. The van der Waals surface area contributed by atoms with E-state index >= 15 is 0 Å². The summed E-state index contributed by atoms with van der Waals surface area (Å²) in [7, 11) is -0.386. The van der Waals surface area contributed by atoms with Crippen LogP contribution in [-0.4, -0.2) is 18.3 Å². The van der Waals surface area contributed by atoms with Gasteiger partial charge in [-0.1, -0.05) is 337 Å². The second-order valence-corrected chi connectivity index (χ2v) is 30.5. The second-order valence-electron chi connectivity index (χ2n) is 29.6. The van der Waals surface area contributed by atoms with E-state index in [1.165, 1.54) is 121 Å². The normalized spacial score (nSPS) is 12.7. The third-order valence-corrected chi connectivity index (χ3v) is 22.4. The van der Waals surface area contributed by atoms with Crippen LogP contribution in [0.1, 0.15) is 27.7 Å². The standard InChI is InChI=1S/C50H35N.C36H34BNO2.C20H13Br/c1-3-10-36(11-4-1)38-22-28-46(29-23-38)51(47-30-24-39(25-31-47)37-12-5-2-6-13-37)48-32-26-40(27-33-48)42-18-19-44-35-45(21-20-43(44)34-42)50-17-9-15-41-14-7-8-16-49(41)50;1-35(2)36(3,4)40-37(39-35)31-19-25-34(26-20-31)38(32-21-15-29(16-22-32)27-11-7-5-8-12-27)33-23-17-30(18-24-33)28-13-9-6-10-14-28;21-18-11-10-15-12-17(9-8-16(15)13-18)20-7-3-5-14-4-1-2-6-19(14)20/h1-35H;5-26H,1-4H3;1-13H. The van der Waals surface area contributed by atoms with Crippen LogP contribution in [-0.2, 0) is 9.31 Å².